The summed E-state index contributed by atoms with van der Waals surface area (Å²) in [4.78, 5) is 64.3. The molecule has 2 aromatic carbocycles. The van der Waals surface area contributed by atoms with Crippen LogP contribution in [0, 0.1) is 0 Å². The van der Waals surface area contributed by atoms with Crippen molar-refractivity contribution < 1.29 is 33.5 Å². The van der Waals surface area contributed by atoms with E-state index in [-0.39, 0.29) is 22.2 Å². The number of anilines is 1. The van der Waals surface area contributed by atoms with Crippen molar-refractivity contribution >= 4 is 57.7 Å². The average Bonchev–Trinajstić information content (AvgIpc) is 3.50. The summed E-state index contributed by atoms with van der Waals surface area (Å²) in [7, 11) is 0. The molecule has 5 rings (SSSR count). The van der Waals surface area contributed by atoms with Crippen LogP contribution in [0.1, 0.15) is 50.6 Å². The van der Waals surface area contributed by atoms with E-state index in [4.69, 9.17) is 20.0 Å². The van der Waals surface area contributed by atoms with Gasteiger partial charge >= 0.3 is 11.9 Å². The Morgan fingerprint density at radius 3 is 2.27 bits per heavy atom. The molecule has 12 nitrogen and oxygen atoms in total. The van der Waals surface area contributed by atoms with E-state index in [1.54, 1.807) is 20.8 Å². The molecule has 3 atom stereocenters. The summed E-state index contributed by atoms with van der Waals surface area (Å²) in [5, 5.41) is 7.67. The number of amides is 2. The largest absolute Gasteiger partial charge is 0.457 e. The average molecular weight is 690 g/mol. The normalized spacial score (nSPS) is 18.4. The van der Waals surface area contributed by atoms with E-state index in [0.29, 0.717) is 11.3 Å². The van der Waals surface area contributed by atoms with Crippen LogP contribution in [-0.2, 0) is 33.5 Å². The van der Waals surface area contributed by atoms with Gasteiger partial charge in [0.15, 0.2) is 16.9 Å². The molecule has 1 saturated heterocycles. The minimum atomic E-state index is -1.15. The Kier molecular flexibility index (Phi) is 10.3. The summed E-state index contributed by atoms with van der Waals surface area (Å²) in [6.07, 6.45) is -0.352. The summed E-state index contributed by atoms with van der Waals surface area (Å²) in [6, 6.07) is 17.6. The molecule has 0 aliphatic carbocycles. The first-order valence-electron chi connectivity index (χ1n) is 15.0. The first kappa shape index (κ1) is 34.4. The van der Waals surface area contributed by atoms with E-state index in [9.17, 15) is 19.2 Å². The van der Waals surface area contributed by atoms with Gasteiger partial charge in [-0.05, 0) is 44.4 Å². The highest BCUT2D eigenvalue weighted by Gasteiger charge is 2.54. The number of nitrogens with two attached hydrogens (primary N) is 1. The molecule has 0 spiro atoms. The van der Waals surface area contributed by atoms with Gasteiger partial charge in [0.05, 0.1) is 0 Å². The fourth-order valence-corrected chi connectivity index (χ4v) is 6.79. The predicted molar refractivity (Wildman–Crippen MR) is 183 cm³/mol. The molecular weight excluding hydrogens is 655 g/mol. The zero-order valence-corrected chi connectivity index (χ0v) is 28.4. The highest BCUT2D eigenvalue weighted by molar-refractivity contribution is 8.00. The van der Waals surface area contributed by atoms with Crippen LogP contribution in [-0.4, -0.2) is 68.2 Å². The summed E-state index contributed by atoms with van der Waals surface area (Å²) >= 11 is 2.43. The third-order valence-corrected chi connectivity index (χ3v) is 9.15. The molecule has 2 amide bonds. The molecule has 0 radical (unpaired) electrons. The number of carbonyl (C=O) groups excluding carboxylic acids is 4. The zero-order valence-electron chi connectivity index (χ0n) is 26.7. The maximum absolute atomic E-state index is 13.9. The van der Waals surface area contributed by atoms with Crippen LogP contribution in [0.5, 0.6) is 0 Å². The van der Waals surface area contributed by atoms with Gasteiger partial charge in [-0.25, -0.2) is 14.6 Å². The van der Waals surface area contributed by atoms with E-state index in [1.807, 2.05) is 60.7 Å². The Labute approximate surface area is 286 Å². The quantitative estimate of drug-likeness (QED) is 0.128. The number of aromatic nitrogens is 1. The van der Waals surface area contributed by atoms with E-state index >= 15 is 0 Å². The molecule has 3 N–H and O–H groups in total. The Balaban J connectivity index is 1.35. The second kappa shape index (κ2) is 14.4. The van der Waals surface area contributed by atoms with Gasteiger partial charge in [-0.2, -0.15) is 0 Å². The molecule has 0 saturated carbocycles. The molecule has 2 aliphatic rings. The molecule has 0 bridgehead atoms. The number of thiazole rings is 1. The molecule has 2 aliphatic heterocycles. The molecule has 48 heavy (non-hydrogen) atoms. The SMILES string of the molecule is C=CC1=C(C(=O)OC(c2ccccc2)c2ccccc2)N2C(=O)C(NC(=O)/C(=N/OC(C)C(=O)OC(C)(C)C)c3csc(N)n3)[C@H]2SC1. The van der Waals surface area contributed by atoms with Crippen molar-refractivity contribution in [2.24, 2.45) is 5.16 Å². The molecule has 3 aromatic rings. The van der Waals surface area contributed by atoms with Crippen molar-refractivity contribution in [3.8, 4) is 0 Å². The Morgan fingerprint density at radius 2 is 1.73 bits per heavy atom. The Bertz CT molecular complexity index is 1730. The molecule has 250 valence electrons. The summed E-state index contributed by atoms with van der Waals surface area (Å²) in [5.41, 5.74) is 6.97. The molecule has 3 heterocycles. The van der Waals surface area contributed by atoms with Crippen LogP contribution in [0.2, 0.25) is 0 Å². The smallest absolute Gasteiger partial charge is 0.356 e. The minimum absolute atomic E-state index is 0.0665. The number of nitrogens with one attached hydrogen (secondary N) is 1. The molecule has 1 aromatic heterocycles. The first-order valence-corrected chi connectivity index (χ1v) is 16.9. The summed E-state index contributed by atoms with van der Waals surface area (Å²) in [6.45, 7) is 10.4. The van der Waals surface area contributed by atoms with E-state index in [0.717, 1.165) is 22.5 Å². The lowest BCUT2D eigenvalue weighted by Gasteiger charge is -2.49. The fourth-order valence-electron chi connectivity index (χ4n) is 4.91. The number of carbonyl (C=O) groups is 4. The number of allylic oxidation sites excluding steroid dienone is 1. The van der Waals surface area contributed by atoms with Gasteiger partial charge in [-0.1, -0.05) is 78.5 Å². The lowest BCUT2D eigenvalue weighted by molar-refractivity contribution is -0.167. The van der Waals surface area contributed by atoms with Gasteiger partial charge in [0.25, 0.3) is 11.8 Å². The highest BCUT2D eigenvalue weighted by Crippen LogP contribution is 2.42. The highest BCUT2D eigenvalue weighted by atomic mass is 32.2. The number of fused-ring (bicyclic) bond motifs is 1. The van der Waals surface area contributed by atoms with Crippen molar-refractivity contribution in [1.82, 2.24) is 15.2 Å². The molecule has 1 fully saturated rings. The van der Waals surface area contributed by atoms with Crippen LogP contribution in [0.25, 0.3) is 0 Å². The van der Waals surface area contributed by atoms with Crippen LogP contribution in [0.3, 0.4) is 0 Å². The molecule has 2 unspecified atom stereocenters. The van der Waals surface area contributed by atoms with Gasteiger partial charge in [-0.3, -0.25) is 14.5 Å². The molecule has 14 heteroatoms. The standard InChI is InChI=1S/C34H35N5O7S2/c1-6-20-17-47-30-25(37-28(40)24(23-18-48-33(35)36-23)38-46-19(2)31(42)45-34(3,4)5)29(41)39(30)26(20)32(43)44-27(21-13-9-7-10-14-21)22-15-11-8-12-16-22/h6-16,18-19,25,27,30H,1,17H2,2-5H3,(H2,35,36)(H,37,40)/b38-24+/t19?,25?,30-/m1/s1. The van der Waals surface area contributed by atoms with Crippen molar-refractivity contribution in [3.05, 3.63) is 107 Å². The third kappa shape index (κ3) is 7.60. The number of hydrogen-bond donors (Lipinski definition) is 2. The Morgan fingerprint density at radius 1 is 1.10 bits per heavy atom. The number of thioether (sulfide) groups is 1. The number of hydrogen-bond acceptors (Lipinski definition) is 12. The van der Waals surface area contributed by atoms with E-state index in [1.165, 1.54) is 35.0 Å². The number of oxime groups is 1. The fraction of sp³-hybridized carbons (Fsp3) is 0.294. The zero-order chi connectivity index (χ0) is 34.6. The van der Waals surface area contributed by atoms with Crippen molar-refractivity contribution in [3.63, 3.8) is 0 Å². The topological polar surface area (TPSA) is 163 Å². The van der Waals surface area contributed by atoms with Crippen LogP contribution >= 0.6 is 23.1 Å². The maximum atomic E-state index is 13.9. The van der Waals surface area contributed by atoms with Crippen molar-refractivity contribution in [2.45, 2.75) is 56.9 Å². The second-order valence-corrected chi connectivity index (χ2v) is 13.8. The summed E-state index contributed by atoms with van der Waals surface area (Å²) in [5.74, 6) is -2.35. The number of ether oxygens (including phenoxy) is 2. The van der Waals surface area contributed by atoms with Gasteiger partial charge in [0.2, 0.25) is 6.10 Å². The van der Waals surface area contributed by atoms with E-state index in [2.05, 4.69) is 22.0 Å². The predicted octanol–water partition coefficient (Wildman–Crippen LogP) is 4.35. The van der Waals surface area contributed by atoms with Crippen LogP contribution in [0.15, 0.2) is 95.1 Å². The first-order chi connectivity index (χ1) is 22.9. The monoisotopic (exact) mass is 689 g/mol. The third-order valence-electron chi connectivity index (χ3n) is 7.17. The second-order valence-electron chi connectivity index (χ2n) is 11.8. The number of rotatable bonds is 11. The number of esters is 2. The van der Waals surface area contributed by atoms with Gasteiger partial charge in [-0.15, -0.1) is 23.1 Å². The van der Waals surface area contributed by atoms with Crippen LogP contribution in [0.4, 0.5) is 5.13 Å². The van der Waals surface area contributed by atoms with Crippen LogP contribution < -0.4 is 11.1 Å². The summed E-state index contributed by atoms with van der Waals surface area (Å²) < 4.78 is 11.4. The van der Waals surface area contributed by atoms with Crippen molar-refractivity contribution in [2.75, 3.05) is 11.5 Å². The van der Waals surface area contributed by atoms with Gasteiger partial charge in [0.1, 0.15) is 28.4 Å². The van der Waals surface area contributed by atoms with Gasteiger partial charge in [0, 0.05) is 11.1 Å². The number of nitrogen functional groups attached to an aromatic ring is 1. The number of β-lactam (4-membered cyclic amide) rings is 1. The maximum Gasteiger partial charge on any atom is 0.356 e. The lowest BCUT2D eigenvalue weighted by Crippen LogP contribution is -2.71. The lowest BCUT2D eigenvalue weighted by atomic mass is 10.0. The minimum Gasteiger partial charge on any atom is -0.457 e. The molecular formula is C34H35N5O7S2. The van der Waals surface area contributed by atoms with E-state index < -0.39 is 53.0 Å². The van der Waals surface area contributed by atoms with Crippen molar-refractivity contribution in [1.29, 1.82) is 0 Å². The number of benzene rings is 2. The van der Waals surface area contributed by atoms with Gasteiger partial charge < -0.3 is 25.4 Å². The Hall–Kier alpha value is -4.95. The number of nitrogens with zero attached hydrogens (tertiary/aromatic N) is 3.